The summed E-state index contributed by atoms with van der Waals surface area (Å²) in [4.78, 5) is 41.0. The second-order valence-electron chi connectivity index (χ2n) is 5.73. The molecule has 1 aliphatic rings. The molecular formula is C19H18N2O6. The summed E-state index contributed by atoms with van der Waals surface area (Å²) in [5.41, 5.74) is 1.59. The van der Waals surface area contributed by atoms with Gasteiger partial charge in [0.1, 0.15) is 25.9 Å². The van der Waals surface area contributed by atoms with Gasteiger partial charge in [0.2, 0.25) is 0 Å². The van der Waals surface area contributed by atoms with Crippen molar-refractivity contribution in [3.05, 3.63) is 71.8 Å². The van der Waals surface area contributed by atoms with Gasteiger partial charge in [-0.2, -0.15) is 0 Å². The topological polar surface area (TPSA) is 94.2 Å². The van der Waals surface area contributed by atoms with Crippen molar-refractivity contribution in [3.8, 4) is 0 Å². The Morgan fingerprint density at radius 1 is 0.963 bits per heavy atom. The van der Waals surface area contributed by atoms with Gasteiger partial charge >= 0.3 is 12.2 Å². The molecule has 1 heterocycles. The van der Waals surface area contributed by atoms with Gasteiger partial charge in [-0.25, -0.2) is 9.59 Å². The molecule has 1 N–H and O–H groups in total. The number of hydrogen-bond donors (Lipinski definition) is 1. The summed E-state index contributed by atoms with van der Waals surface area (Å²) in [7, 11) is 0. The molecule has 0 saturated carbocycles. The second kappa shape index (κ2) is 8.81. The van der Waals surface area contributed by atoms with Gasteiger partial charge in [0, 0.05) is 0 Å². The summed E-state index contributed by atoms with van der Waals surface area (Å²) >= 11 is 0. The number of nitrogens with one attached hydrogen (secondary N) is 1. The molecule has 27 heavy (non-hydrogen) atoms. The van der Waals surface area contributed by atoms with Crippen LogP contribution in [0.2, 0.25) is 0 Å². The first-order valence-electron chi connectivity index (χ1n) is 8.28. The lowest BCUT2D eigenvalue weighted by Crippen LogP contribution is -2.44. The smallest absolute Gasteiger partial charge is 0.441 e. The van der Waals surface area contributed by atoms with Gasteiger partial charge in [-0.05, 0) is 11.1 Å². The van der Waals surface area contributed by atoms with Crippen LogP contribution in [0, 0.1) is 0 Å². The normalized spacial score (nSPS) is 16.1. The summed E-state index contributed by atoms with van der Waals surface area (Å²) in [6, 6.07) is 17.1. The first-order chi connectivity index (χ1) is 13.1. The van der Waals surface area contributed by atoms with Crippen LogP contribution in [0.4, 0.5) is 9.59 Å². The lowest BCUT2D eigenvalue weighted by Gasteiger charge is -2.13. The highest BCUT2D eigenvalue weighted by atomic mass is 16.7. The monoisotopic (exact) mass is 370 g/mol. The Morgan fingerprint density at radius 3 is 2.11 bits per heavy atom. The van der Waals surface area contributed by atoms with Crippen molar-refractivity contribution in [2.45, 2.75) is 19.3 Å². The van der Waals surface area contributed by atoms with E-state index in [2.05, 4.69) is 5.32 Å². The third-order valence-corrected chi connectivity index (χ3v) is 3.74. The molecule has 3 amide bonds. The lowest BCUT2D eigenvalue weighted by molar-refractivity contribution is -0.153. The standard InChI is InChI=1S/C19H18N2O6/c22-17-16(20-18(23)25-11-14-7-3-1-4-8-14)13-27-21(17)19(24)26-12-15-9-5-2-6-10-15/h1-10,16H,11-13H2,(H,20,23). The van der Waals surface area contributed by atoms with Crippen LogP contribution in [-0.2, 0) is 32.3 Å². The largest absolute Gasteiger partial charge is 0.445 e. The molecule has 1 atom stereocenters. The minimum Gasteiger partial charge on any atom is -0.445 e. The number of imide groups is 1. The molecular weight excluding hydrogens is 352 g/mol. The molecule has 8 nitrogen and oxygen atoms in total. The summed E-state index contributed by atoms with van der Waals surface area (Å²) in [6.07, 6.45) is -1.72. The van der Waals surface area contributed by atoms with E-state index in [4.69, 9.17) is 14.3 Å². The van der Waals surface area contributed by atoms with Crippen LogP contribution >= 0.6 is 0 Å². The van der Waals surface area contributed by atoms with Crippen molar-refractivity contribution >= 4 is 18.1 Å². The number of ether oxygens (including phenoxy) is 2. The van der Waals surface area contributed by atoms with E-state index in [0.717, 1.165) is 11.1 Å². The second-order valence-corrected chi connectivity index (χ2v) is 5.73. The predicted molar refractivity (Wildman–Crippen MR) is 93.0 cm³/mol. The Morgan fingerprint density at radius 2 is 1.52 bits per heavy atom. The van der Waals surface area contributed by atoms with Crippen molar-refractivity contribution < 1.29 is 28.7 Å². The van der Waals surface area contributed by atoms with E-state index in [1.807, 2.05) is 48.5 Å². The molecule has 1 saturated heterocycles. The molecule has 0 spiro atoms. The van der Waals surface area contributed by atoms with Crippen molar-refractivity contribution in [2.24, 2.45) is 0 Å². The Kier molecular flexibility index (Phi) is 6.01. The number of amides is 3. The van der Waals surface area contributed by atoms with Gasteiger partial charge in [0.15, 0.2) is 0 Å². The average Bonchev–Trinajstić information content (AvgIpc) is 3.06. The highest BCUT2D eigenvalue weighted by Gasteiger charge is 2.39. The van der Waals surface area contributed by atoms with E-state index < -0.39 is 24.1 Å². The fraction of sp³-hybridized carbons (Fsp3) is 0.211. The van der Waals surface area contributed by atoms with Crippen molar-refractivity contribution in [3.63, 3.8) is 0 Å². The third kappa shape index (κ3) is 5.05. The SMILES string of the molecule is O=C(NC1CON(C(=O)OCc2ccccc2)C1=O)OCc1ccccc1. The summed E-state index contributed by atoms with van der Waals surface area (Å²) in [5, 5.41) is 2.88. The molecule has 1 unspecified atom stereocenters. The Balaban J connectivity index is 1.44. The van der Waals surface area contributed by atoms with Gasteiger partial charge < -0.3 is 14.8 Å². The van der Waals surface area contributed by atoms with Gasteiger partial charge in [0.05, 0.1) is 0 Å². The van der Waals surface area contributed by atoms with Crippen LogP contribution in [0.15, 0.2) is 60.7 Å². The fourth-order valence-corrected chi connectivity index (χ4v) is 2.36. The Hall–Kier alpha value is -3.39. The number of alkyl carbamates (subject to hydrolysis) is 1. The zero-order valence-corrected chi connectivity index (χ0v) is 14.4. The van der Waals surface area contributed by atoms with E-state index in [-0.39, 0.29) is 19.8 Å². The molecule has 2 aromatic carbocycles. The highest BCUT2D eigenvalue weighted by molar-refractivity contribution is 5.96. The maximum atomic E-state index is 12.2. The van der Waals surface area contributed by atoms with E-state index in [1.54, 1.807) is 12.1 Å². The summed E-state index contributed by atoms with van der Waals surface area (Å²) in [6.45, 7) is -0.110. The minimum absolute atomic E-state index is 0.00399. The molecule has 3 rings (SSSR count). The van der Waals surface area contributed by atoms with Crippen LogP contribution in [0.3, 0.4) is 0 Å². The van der Waals surface area contributed by atoms with Crippen LogP contribution in [0.25, 0.3) is 0 Å². The number of carbonyl (C=O) groups is 3. The fourth-order valence-electron chi connectivity index (χ4n) is 2.36. The van der Waals surface area contributed by atoms with Gasteiger partial charge in [-0.3, -0.25) is 9.63 Å². The van der Waals surface area contributed by atoms with Crippen LogP contribution < -0.4 is 5.32 Å². The van der Waals surface area contributed by atoms with E-state index in [0.29, 0.717) is 5.06 Å². The summed E-state index contributed by atoms with van der Waals surface area (Å²) < 4.78 is 10.1. The third-order valence-electron chi connectivity index (χ3n) is 3.74. The van der Waals surface area contributed by atoms with E-state index >= 15 is 0 Å². The number of rotatable bonds is 5. The first-order valence-corrected chi connectivity index (χ1v) is 8.28. The minimum atomic E-state index is -1.02. The molecule has 2 aromatic rings. The average molecular weight is 370 g/mol. The highest BCUT2D eigenvalue weighted by Crippen LogP contribution is 2.12. The van der Waals surface area contributed by atoms with Gasteiger partial charge in [-0.1, -0.05) is 60.7 Å². The number of carbonyl (C=O) groups excluding carboxylic acids is 3. The summed E-state index contributed by atoms with van der Waals surface area (Å²) in [5.74, 6) is -0.718. The quantitative estimate of drug-likeness (QED) is 0.869. The van der Waals surface area contributed by atoms with Crippen LogP contribution in [-0.4, -0.2) is 35.8 Å². The van der Waals surface area contributed by atoms with E-state index in [1.165, 1.54) is 0 Å². The number of benzene rings is 2. The van der Waals surface area contributed by atoms with Crippen molar-refractivity contribution in [2.75, 3.05) is 6.61 Å². The first kappa shape index (κ1) is 18.4. The van der Waals surface area contributed by atoms with Crippen molar-refractivity contribution in [1.82, 2.24) is 10.4 Å². The zero-order valence-electron chi connectivity index (χ0n) is 14.4. The molecule has 0 aromatic heterocycles. The maximum absolute atomic E-state index is 12.2. The van der Waals surface area contributed by atoms with E-state index in [9.17, 15) is 14.4 Å². The van der Waals surface area contributed by atoms with Crippen molar-refractivity contribution in [1.29, 1.82) is 0 Å². The molecule has 0 radical (unpaired) electrons. The lowest BCUT2D eigenvalue weighted by atomic mass is 10.2. The zero-order chi connectivity index (χ0) is 19.1. The van der Waals surface area contributed by atoms with Gasteiger partial charge in [0.25, 0.3) is 5.91 Å². The van der Waals surface area contributed by atoms with Crippen LogP contribution in [0.1, 0.15) is 11.1 Å². The predicted octanol–water partition coefficient (Wildman–Crippen LogP) is 2.39. The molecule has 140 valence electrons. The molecule has 1 aliphatic heterocycles. The molecule has 8 heteroatoms. The Bertz CT molecular complexity index is 796. The van der Waals surface area contributed by atoms with Gasteiger partial charge in [-0.15, -0.1) is 5.06 Å². The molecule has 0 bridgehead atoms. The number of hydroxylamine groups is 2. The molecule has 0 aliphatic carbocycles. The Labute approximate surface area is 155 Å². The number of hydrogen-bond acceptors (Lipinski definition) is 6. The molecule has 1 fully saturated rings. The van der Waals surface area contributed by atoms with Crippen LogP contribution in [0.5, 0.6) is 0 Å². The maximum Gasteiger partial charge on any atom is 0.441 e. The number of nitrogens with zero attached hydrogens (tertiary/aromatic N) is 1.